The molecule has 2 aliphatic carbocycles. The number of rotatable bonds is 3. The summed E-state index contributed by atoms with van der Waals surface area (Å²) in [6.45, 7) is 4.29. The Hall–Kier alpha value is -2.23. The second-order valence-corrected chi connectivity index (χ2v) is 8.09. The third-order valence-corrected chi connectivity index (χ3v) is 6.72. The molecule has 1 saturated carbocycles. The van der Waals surface area contributed by atoms with Gasteiger partial charge in [0.2, 0.25) is 0 Å². The zero-order valence-corrected chi connectivity index (χ0v) is 15.7. The number of ketones is 1. The van der Waals surface area contributed by atoms with E-state index in [0.717, 1.165) is 31.2 Å². The number of benzene rings is 1. The molecule has 4 nitrogen and oxygen atoms in total. The SMILES string of the molecule is CC[C@@H]1C(=O)C(C=O)C[C@]2(C)c3nn(C)c(-c4ccccc4)c3CC[C@@H]12. The Kier molecular flexibility index (Phi) is 4.09. The van der Waals surface area contributed by atoms with Gasteiger partial charge in [0.1, 0.15) is 12.1 Å². The average molecular weight is 350 g/mol. The molecule has 4 atom stereocenters. The van der Waals surface area contributed by atoms with Gasteiger partial charge in [0.25, 0.3) is 0 Å². The van der Waals surface area contributed by atoms with Crippen LogP contribution in [-0.4, -0.2) is 21.8 Å². The van der Waals surface area contributed by atoms with Crippen molar-refractivity contribution in [3.05, 3.63) is 41.6 Å². The van der Waals surface area contributed by atoms with Crippen LogP contribution in [0.25, 0.3) is 11.3 Å². The highest BCUT2D eigenvalue weighted by Gasteiger charge is 2.54. The Morgan fingerprint density at radius 2 is 2.04 bits per heavy atom. The Morgan fingerprint density at radius 3 is 2.69 bits per heavy atom. The Morgan fingerprint density at radius 1 is 1.31 bits per heavy atom. The van der Waals surface area contributed by atoms with Crippen molar-refractivity contribution in [2.45, 2.75) is 44.9 Å². The lowest BCUT2D eigenvalue weighted by Crippen LogP contribution is -2.51. The Balaban J connectivity index is 1.86. The molecule has 26 heavy (non-hydrogen) atoms. The highest BCUT2D eigenvalue weighted by Crippen LogP contribution is 2.54. The maximum atomic E-state index is 12.7. The largest absolute Gasteiger partial charge is 0.303 e. The second kappa shape index (κ2) is 6.19. The summed E-state index contributed by atoms with van der Waals surface area (Å²) in [6.07, 6.45) is 4.20. The molecule has 0 bridgehead atoms. The molecule has 1 heterocycles. The molecule has 0 amide bonds. The van der Waals surface area contributed by atoms with E-state index < -0.39 is 5.92 Å². The molecular formula is C22H26N2O2. The van der Waals surface area contributed by atoms with Gasteiger partial charge in [0, 0.05) is 29.5 Å². The molecule has 0 saturated heterocycles. The molecule has 0 spiro atoms. The quantitative estimate of drug-likeness (QED) is 0.626. The molecular weight excluding hydrogens is 324 g/mol. The van der Waals surface area contributed by atoms with Gasteiger partial charge in [0.15, 0.2) is 0 Å². The van der Waals surface area contributed by atoms with Gasteiger partial charge >= 0.3 is 0 Å². The van der Waals surface area contributed by atoms with Crippen LogP contribution in [0.1, 0.15) is 44.4 Å². The van der Waals surface area contributed by atoms with Crippen molar-refractivity contribution in [1.82, 2.24) is 9.78 Å². The van der Waals surface area contributed by atoms with Gasteiger partial charge in [-0.15, -0.1) is 0 Å². The first-order valence-corrected chi connectivity index (χ1v) is 9.62. The van der Waals surface area contributed by atoms with Crippen molar-refractivity contribution >= 4 is 12.1 Å². The number of aryl methyl sites for hydroxylation is 1. The topological polar surface area (TPSA) is 52.0 Å². The molecule has 4 rings (SSSR count). The van der Waals surface area contributed by atoms with E-state index in [4.69, 9.17) is 5.10 Å². The molecule has 0 radical (unpaired) electrons. The predicted octanol–water partition coefficient (Wildman–Crippen LogP) is 3.72. The number of carbonyl (C=O) groups is 2. The van der Waals surface area contributed by atoms with Crippen LogP contribution in [0, 0.1) is 17.8 Å². The summed E-state index contributed by atoms with van der Waals surface area (Å²) in [5.41, 5.74) is 4.54. The normalized spacial score (nSPS) is 30.6. The smallest absolute Gasteiger partial charge is 0.146 e. The maximum Gasteiger partial charge on any atom is 0.146 e. The minimum absolute atomic E-state index is 0.0284. The number of aldehydes is 1. The fourth-order valence-corrected chi connectivity index (χ4v) is 5.54. The number of Topliss-reactive ketones (excluding diaryl/α,β-unsaturated/α-hetero) is 1. The van der Waals surface area contributed by atoms with Crippen molar-refractivity contribution in [2.75, 3.05) is 0 Å². The van der Waals surface area contributed by atoms with Crippen molar-refractivity contribution in [1.29, 1.82) is 0 Å². The first-order valence-electron chi connectivity index (χ1n) is 9.62. The molecule has 2 aromatic rings. The van der Waals surface area contributed by atoms with Crippen LogP contribution in [0.15, 0.2) is 30.3 Å². The summed E-state index contributed by atoms with van der Waals surface area (Å²) >= 11 is 0. The first-order chi connectivity index (χ1) is 12.5. The first kappa shape index (κ1) is 17.2. The number of fused-ring (bicyclic) bond motifs is 3. The third kappa shape index (κ3) is 2.31. The fourth-order valence-electron chi connectivity index (χ4n) is 5.54. The van der Waals surface area contributed by atoms with Gasteiger partial charge in [-0.3, -0.25) is 9.48 Å². The predicted molar refractivity (Wildman–Crippen MR) is 101 cm³/mol. The zero-order valence-electron chi connectivity index (χ0n) is 15.7. The van der Waals surface area contributed by atoms with E-state index in [0.29, 0.717) is 6.42 Å². The van der Waals surface area contributed by atoms with E-state index in [1.165, 1.54) is 16.8 Å². The number of aromatic nitrogens is 2. The number of carbonyl (C=O) groups excluding carboxylic acids is 2. The van der Waals surface area contributed by atoms with Crippen molar-refractivity contribution < 1.29 is 9.59 Å². The van der Waals surface area contributed by atoms with Crippen LogP contribution < -0.4 is 0 Å². The van der Waals surface area contributed by atoms with Gasteiger partial charge in [-0.1, -0.05) is 44.2 Å². The summed E-state index contributed by atoms with van der Waals surface area (Å²) in [6, 6.07) is 10.4. The van der Waals surface area contributed by atoms with Crippen LogP contribution >= 0.6 is 0 Å². The van der Waals surface area contributed by atoms with Crippen molar-refractivity contribution in [3.63, 3.8) is 0 Å². The van der Waals surface area contributed by atoms with Crippen LogP contribution in [0.3, 0.4) is 0 Å². The van der Waals surface area contributed by atoms with E-state index in [-0.39, 0.29) is 23.0 Å². The average Bonchev–Trinajstić information content (AvgIpc) is 3.00. The molecule has 4 heteroatoms. The monoisotopic (exact) mass is 350 g/mol. The lowest BCUT2D eigenvalue weighted by Gasteiger charge is -2.49. The summed E-state index contributed by atoms with van der Waals surface area (Å²) in [5, 5.41) is 4.94. The second-order valence-electron chi connectivity index (χ2n) is 8.09. The van der Waals surface area contributed by atoms with Crippen molar-refractivity contribution in [2.24, 2.45) is 24.8 Å². The van der Waals surface area contributed by atoms with E-state index in [1.807, 2.05) is 17.8 Å². The highest BCUT2D eigenvalue weighted by atomic mass is 16.1. The number of hydrogen-bond acceptors (Lipinski definition) is 3. The van der Waals surface area contributed by atoms with E-state index >= 15 is 0 Å². The zero-order chi connectivity index (χ0) is 18.5. The van der Waals surface area contributed by atoms with E-state index in [1.54, 1.807) is 0 Å². The molecule has 0 aliphatic heterocycles. The maximum absolute atomic E-state index is 12.7. The number of hydrogen-bond donors (Lipinski definition) is 0. The Bertz CT molecular complexity index is 855. The molecule has 1 fully saturated rings. The third-order valence-electron chi connectivity index (χ3n) is 6.72. The summed E-state index contributed by atoms with van der Waals surface area (Å²) < 4.78 is 1.99. The molecule has 0 N–H and O–H groups in total. The van der Waals surface area contributed by atoms with Gasteiger partial charge in [-0.05, 0) is 31.6 Å². The molecule has 1 aromatic carbocycles. The minimum Gasteiger partial charge on any atom is -0.303 e. The van der Waals surface area contributed by atoms with Gasteiger partial charge < -0.3 is 4.79 Å². The van der Waals surface area contributed by atoms with Gasteiger partial charge in [0.05, 0.1) is 17.3 Å². The van der Waals surface area contributed by atoms with Crippen LogP contribution in [0.4, 0.5) is 0 Å². The van der Waals surface area contributed by atoms with Crippen molar-refractivity contribution in [3.8, 4) is 11.3 Å². The van der Waals surface area contributed by atoms with E-state index in [9.17, 15) is 9.59 Å². The lowest BCUT2D eigenvalue weighted by atomic mass is 9.53. The van der Waals surface area contributed by atoms with Crippen LogP contribution in [-0.2, 0) is 28.5 Å². The summed E-state index contributed by atoms with van der Waals surface area (Å²) in [5.74, 6) is -0.0940. The lowest BCUT2D eigenvalue weighted by molar-refractivity contribution is -0.138. The van der Waals surface area contributed by atoms with E-state index in [2.05, 4.69) is 38.1 Å². The fraction of sp³-hybridized carbons (Fsp3) is 0.500. The highest BCUT2D eigenvalue weighted by molar-refractivity contribution is 5.96. The molecule has 136 valence electrons. The standard InChI is InChI=1S/C22H26N2O2/c1-4-16-18-11-10-17-19(14-8-6-5-7-9-14)24(3)23-21(17)22(18,2)12-15(13-25)20(16)26/h5-9,13,15-16,18H,4,10-12H2,1-3H3/t15?,16-,18-,22-/m0/s1. The minimum atomic E-state index is -0.491. The van der Waals surface area contributed by atoms with Crippen LogP contribution in [0.2, 0.25) is 0 Å². The van der Waals surface area contributed by atoms with Gasteiger partial charge in [-0.25, -0.2) is 0 Å². The molecule has 1 unspecified atom stereocenters. The van der Waals surface area contributed by atoms with Gasteiger partial charge in [-0.2, -0.15) is 5.10 Å². The molecule has 1 aromatic heterocycles. The summed E-state index contributed by atoms with van der Waals surface area (Å²) in [7, 11) is 2.00. The number of nitrogens with zero attached hydrogens (tertiary/aromatic N) is 2. The van der Waals surface area contributed by atoms with Crippen LogP contribution in [0.5, 0.6) is 0 Å². The Labute approximate surface area is 154 Å². The summed E-state index contributed by atoms with van der Waals surface area (Å²) in [4.78, 5) is 24.3. The molecule has 2 aliphatic rings.